The Kier molecular flexibility index (Phi) is 10.7. The molecular weight excluding hydrogens is 626 g/mol. The fourth-order valence-corrected chi connectivity index (χ4v) is 7.48. The maximum atomic E-state index is 12.8. The van der Waals surface area contributed by atoms with E-state index in [0.717, 1.165) is 52.7 Å². The van der Waals surface area contributed by atoms with Crippen LogP contribution >= 0.6 is 0 Å². The van der Waals surface area contributed by atoms with E-state index in [1.54, 1.807) is 0 Å². The van der Waals surface area contributed by atoms with Crippen molar-refractivity contribution in [3.8, 4) is 28.4 Å². The largest absolute Gasteiger partial charge is 0.493 e. The van der Waals surface area contributed by atoms with E-state index >= 15 is 0 Å². The number of aryl methyl sites for hydroxylation is 1. The molecule has 0 amide bonds. The highest BCUT2D eigenvalue weighted by atomic mass is 16.6. The number of aromatic nitrogens is 1. The Morgan fingerprint density at radius 1 is 0.980 bits per heavy atom. The van der Waals surface area contributed by atoms with Crippen molar-refractivity contribution in [1.29, 1.82) is 0 Å². The Bertz CT molecular complexity index is 1770. The molecule has 1 saturated carbocycles. The number of fused-ring (bicyclic) bond motifs is 2. The molecule has 1 aliphatic carbocycles. The second kappa shape index (κ2) is 15.7. The minimum atomic E-state index is -0.450. The topological polar surface area (TPSA) is 90.9 Å². The number of hydrogen-bond donors (Lipinski definition) is 2. The molecule has 3 heterocycles. The number of esters is 1. The molecule has 7 rings (SSSR count). The average molecular weight is 676 g/mol. The number of carbonyl (C=O) groups excluding carboxylic acids is 1. The molecule has 1 aromatic heterocycles. The summed E-state index contributed by atoms with van der Waals surface area (Å²) in [7, 11) is 1.45. The third-order valence-corrected chi connectivity index (χ3v) is 10.7. The van der Waals surface area contributed by atoms with E-state index in [0.29, 0.717) is 32.0 Å². The van der Waals surface area contributed by atoms with Crippen molar-refractivity contribution in [2.24, 2.45) is 5.92 Å². The fraction of sp³-hybridized carbons (Fsp3) is 0.429. The van der Waals surface area contributed by atoms with Crippen LogP contribution < -0.4 is 24.8 Å². The number of nitrogens with zero attached hydrogens (tertiary/aromatic N) is 1. The highest BCUT2D eigenvalue weighted by Crippen LogP contribution is 2.40. The SMILES string of the molecule is COC(=O)C(Cc1ccc(-c2ccnc(C)c2C)cc1)NCC1Cc2cc3c(cc2CN1)OC(c1ccc(OCC2CCCCC2)cc1)CO3. The van der Waals surface area contributed by atoms with Crippen molar-refractivity contribution < 1.29 is 23.7 Å². The number of carbonyl (C=O) groups is 1. The summed E-state index contributed by atoms with van der Waals surface area (Å²) in [5.74, 6) is 2.90. The lowest BCUT2D eigenvalue weighted by Crippen LogP contribution is -2.48. The summed E-state index contributed by atoms with van der Waals surface area (Å²) in [5.41, 5.74) is 9.12. The second-order valence-electron chi connectivity index (χ2n) is 14.1. The van der Waals surface area contributed by atoms with Crippen LogP contribution in [0.25, 0.3) is 11.1 Å². The van der Waals surface area contributed by atoms with E-state index in [1.807, 2.05) is 31.3 Å². The number of ether oxygens (including phenoxy) is 4. The first kappa shape index (κ1) is 34.1. The summed E-state index contributed by atoms with van der Waals surface area (Å²) in [4.78, 5) is 17.2. The Balaban J connectivity index is 0.931. The summed E-state index contributed by atoms with van der Waals surface area (Å²) in [6.45, 7) is 6.73. The van der Waals surface area contributed by atoms with Crippen LogP contribution in [0.5, 0.6) is 17.2 Å². The van der Waals surface area contributed by atoms with E-state index in [-0.39, 0.29) is 18.1 Å². The molecule has 3 unspecified atom stereocenters. The molecule has 2 aliphatic heterocycles. The van der Waals surface area contributed by atoms with E-state index in [4.69, 9.17) is 18.9 Å². The molecule has 3 aliphatic rings. The first-order valence-electron chi connectivity index (χ1n) is 18.2. The minimum Gasteiger partial charge on any atom is -0.493 e. The zero-order valence-corrected chi connectivity index (χ0v) is 29.5. The summed E-state index contributed by atoms with van der Waals surface area (Å²) < 4.78 is 24.0. The van der Waals surface area contributed by atoms with Crippen molar-refractivity contribution >= 4 is 5.97 Å². The number of rotatable bonds is 11. The van der Waals surface area contributed by atoms with Gasteiger partial charge in [0.15, 0.2) is 17.6 Å². The minimum absolute atomic E-state index is 0.157. The summed E-state index contributed by atoms with van der Waals surface area (Å²) >= 11 is 0. The molecule has 50 heavy (non-hydrogen) atoms. The first-order valence-corrected chi connectivity index (χ1v) is 18.2. The molecule has 262 valence electrons. The summed E-state index contributed by atoms with van der Waals surface area (Å²) in [5, 5.41) is 7.14. The van der Waals surface area contributed by atoms with Crippen LogP contribution in [0.2, 0.25) is 0 Å². The molecule has 8 heteroatoms. The predicted molar refractivity (Wildman–Crippen MR) is 195 cm³/mol. The number of methoxy groups -OCH3 is 1. The van der Waals surface area contributed by atoms with Crippen LogP contribution in [-0.4, -0.2) is 49.9 Å². The Labute approximate surface area is 295 Å². The van der Waals surface area contributed by atoms with Gasteiger partial charge in [-0.2, -0.15) is 0 Å². The molecule has 8 nitrogen and oxygen atoms in total. The lowest BCUT2D eigenvalue weighted by molar-refractivity contribution is -0.143. The third kappa shape index (κ3) is 7.98. The lowest BCUT2D eigenvalue weighted by Gasteiger charge is -2.32. The summed E-state index contributed by atoms with van der Waals surface area (Å²) in [6.07, 6.45) is 9.61. The zero-order chi connectivity index (χ0) is 34.5. The highest BCUT2D eigenvalue weighted by molar-refractivity contribution is 5.76. The molecule has 2 N–H and O–H groups in total. The van der Waals surface area contributed by atoms with E-state index in [1.165, 1.54) is 61.5 Å². The first-order chi connectivity index (χ1) is 24.4. The van der Waals surface area contributed by atoms with Crippen molar-refractivity contribution in [1.82, 2.24) is 15.6 Å². The van der Waals surface area contributed by atoms with Crippen molar-refractivity contribution in [3.05, 3.63) is 106 Å². The van der Waals surface area contributed by atoms with Gasteiger partial charge in [-0.25, -0.2) is 0 Å². The van der Waals surface area contributed by atoms with Gasteiger partial charge in [-0.05, 0) is 115 Å². The van der Waals surface area contributed by atoms with Crippen LogP contribution in [0.15, 0.2) is 72.9 Å². The van der Waals surface area contributed by atoms with Crippen LogP contribution in [0, 0.1) is 19.8 Å². The highest BCUT2D eigenvalue weighted by Gasteiger charge is 2.28. The van der Waals surface area contributed by atoms with Crippen LogP contribution in [-0.2, 0) is 28.9 Å². The second-order valence-corrected chi connectivity index (χ2v) is 14.1. The molecule has 3 atom stereocenters. The normalized spacial score (nSPS) is 19.3. The maximum Gasteiger partial charge on any atom is 0.323 e. The monoisotopic (exact) mass is 675 g/mol. The predicted octanol–water partition coefficient (Wildman–Crippen LogP) is 7.23. The van der Waals surface area contributed by atoms with E-state index in [9.17, 15) is 4.79 Å². The van der Waals surface area contributed by atoms with Gasteiger partial charge in [0.1, 0.15) is 18.4 Å². The standard InChI is InChI=1S/C42H49N3O5/c1-27-28(2)43-18-17-37(27)31-11-9-29(10-12-31)19-38(42(46)47-3)45-24-35-20-33-21-39-40(22-34(33)23-44-35)50-41(26-49-39)32-13-15-36(16-14-32)48-25-30-7-5-4-6-8-30/h9-18,21-22,30,35,38,41,44-45H,4-8,19-20,23-26H2,1-3H3. The average Bonchev–Trinajstić information content (AvgIpc) is 3.16. The Morgan fingerprint density at radius 2 is 1.76 bits per heavy atom. The zero-order valence-electron chi connectivity index (χ0n) is 29.5. The van der Waals surface area contributed by atoms with Crippen molar-refractivity contribution in [2.75, 3.05) is 26.9 Å². The maximum absolute atomic E-state index is 12.8. The molecule has 0 radical (unpaired) electrons. The number of benzene rings is 3. The molecule has 1 fully saturated rings. The molecule has 0 bridgehead atoms. The third-order valence-electron chi connectivity index (χ3n) is 10.7. The van der Waals surface area contributed by atoms with Crippen LogP contribution in [0.4, 0.5) is 0 Å². The fourth-order valence-electron chi connectivity index (χ4n) is 7.48. The number of hydrogen-bond acceptors (Lipinski definition) is 8. The Morgan fingerprint density at radius 3 is 2.54 bits per heavy atom. The van der Waals surface area contributed by atoms with Crippen LogP contribution in [0.1, 0.15) is 71.7 Å². The number of nitrogens with one attached hydrogen (secondary N) is 2. The number of pyridine rings is 1. The van der Waals surface area contributed by atoms with Gasteiger partial charge >= 0.3 is 5.97 Å². The molecule has 0 spiro atoms. The molecule has 4 aromatic rings. The van der Waals surface area contributed by atoms with Crippen LogP contribution in [0.3, 0.4) is 0 Å². The summed E-state index contributed by atoms with van der Waals surface area (Å²) in [6, 6.07) is 22.7. The van der Waals surface area contributed by atoms with E-state index in [2.05, 4.69) is 71.1 Å². The Hall–Kier alpha value is -4.40. The van der Waals surface area contributed by atoms with Gasteiger partial charge in [0.05, 0.1) is 13.7 Å². The van der Waals surface area contributed by atoms with Gasteiger partial charge < -0.3 is 29.6 Å². The molecule has 3 aromatic carbocycles. The molecule has 0 saturated heterocycles. The molecular formula is C42H49N3O5. The van der Waals surface area contributed by atoms with Gasteiger partial charge in [0, 0.05) is 31.0 Å². The quantitative estimate of drug-likeness (QED) is 0.161. The van der Waals surface area contributed by atoms with Gasteiger partial charge in [-0.15, -0.1) is 0 Å². The van der Waals surface area contributed by atoms with Crippen molar-refractivity contribution in [3.63, 3.8) is 0 Å². The van der Waals surface area contributed by atoms with Gasteiger partial charge in [0.2, 0.25) is 0 Å². The lowest BCUT2D eigenvalue weighted by atomic mass is 9.90. The van der Waals surface area contributed by atoms with Gasteiger partial charge in [-0.3, -0.25) is 9.78 Å². The van der Waals surface area contributed by atoms with Gasteiger partial charge in [-0.1, -0.05) is 55.7 Å². The smallest absolute Gasteiger partial charge is 0.323 e. The van der Waals surface area contributed by atoms with Gasteiger partial charge in [0.25, 0.3) is 0 Å². The van der Waals surface area contributed by atoms with E-state index < -0.39 is 6.04 Å². The van der Waals surface area contributed by atoms with Crippen molar-refractivity contribution in [2.45, 2.75) is 83.5 Å².